The molecule has 0 aliphatic carbocycles. The molecule has 1 aliphatic heterocycles. The van der Waals surface area contributed by atoms with Gasteiger partial charge in [0.2, 0.25) is 5.91 Å². The van der Waals surface area contributed by atoms with E-state index < -0.39 is 6.04 Å². The van der Waals surface area contributed by atoms with E-state index in [0.29, 0.717) is 41.3 Å². The van der Waals surface area contributed by atoms with Crippen LogP contribution in [0.4, 0.5) is 0 Å². The number of aromatic nitrogens is 4. The Kier molecular flexibility index (Phi) is 6.19. The lowest BCUT2D eigenvalue weighted by atomic mass is 10.00. The Labute approximate surface area is 207 Å². The van der Waals surface area contributed by atoms with E-state index in [1.165, 1.54) is 14.2 Å². The van der Waals surface area contributed by atoms with E-state index in [4.69, 9.17) is 14.6 Å². The van der Waals surface area contributed by atoms with Crippen molar-refractivity contribution in [3.8, 4) is 17.2 Å². The Morgan fingerprint density at radius 1 is 1.06 bits per heavy atom. The van der Waals surface area contributed by atoms with Gasteiger partial charge in [-0.1, -0.05) is 18.2 Å². The number of carbonyl (C=O) groups is 1. The molecule has 36 heavy (non-hydrogen) atoms. The molecule has 2 aromatic heterocycles. The molecule has 4 aromatic rings. The number of hydrogen-bond acceptors (Lipinski definition) is 7. The van der Waals surface area contributed by atoms with Crippen LogP contribution in [0.2, 0.25) is 0 Å². The number of carbonyl (C=O) groups excluding carboxylic acids is 1. The van der Waals surface area contributed by atoms with E-state index in [1.54, 1.807) is 12.1 Å². The second-order valence-corrected chi connectivity index (χ2v) is 8.73. The summed E-state index contributed by atoms with van der Waals surface area (Å²) in [6.07, 6.45) is 0. The summed E-state index contributed by atoms with van der Waals surface area (Å²) in [6, 6.07) is 12.6. The average molecular weight is 489 g/mol. The highest BCUT2D eigenvalue weighted by atomic mass is 16.5. The molecule has 0 radical (unpaired) electrons. The van der Waals surface area contributed by atoms with Crippen molar-refractivity contribution in [3.05, 3.63) is 75.6 Å². The predicted molar refractivity (Wildman–Crippen MR) is 135 cm³/mol. The van der Waals surface area contributed by atoms with Crippen LogP contribution in [0.25, 0.3) is 16.6 Å². The van der Waals surface area contributed by atoms with Crippen molar-refractivity contribution in [3.63, 3.8) is 0 Å². The van der Waals surface area contributed by atoms with Gasteiger partial charge in [-0.25, -0.2) is 9.67 Å². The van der Waals surface area contributed by atoms with Gasteiger partial charge in [0, 0.05) is 30.4 Å². The third-order valence-corrected chi connectivity index (χ3v) is 6.55. The number of rotatable bonds is 6. The van der Waals surface area contributed by atoms with E-state index >= 15 is 0 Å². The van der Waals surface area contributed by atoms with Gasteiger partial charge < -0.3 is 19.8 Å². The first kappa shape index (κ1) is 23.6. The summed E-state index contributed by atoms with van der Waals surface area (Å²) in [4.78, 5) is 35.6. The maximum absolute atomic E-state index is 13.2. The number of nitrogens with one attached hydrogen (secondary N) is 2. The zero-order chi connectivity index (χ0) is 25.4. The van der Waals surface area contributed by atoms with Crippen LogP contribution in [0.15, 0.2) is 47.3 Å². The Morgan fingerprint density at radius 3 is 2.50 bits per heavy atom. The second-order valence-electron chi connectivity index (χ2n) is 8.73. The van der Waals surface area contributed by atoms with Crippen molar-refractivity contribution in [2.45, 2.75) is 26.4 Å². The van der Waals surface area contributed by atoms with Crippen molar-refractivity contribution >= 4 is 16.8 Å². The monoisotopic (exact) mass is 488 g/mol. The first-order chi connectivity index (χ1) is 17.4. The average Bonchev–Trinajstić information content (AvgIpc) is 3.17. The van der Waals surface area contributed by atoms with Crippen LogP contribution in [0.5, 0.6) is 11.5 Å². The molecule has 2 aromatic carbocycles. The van der Waals surface area contributed by atoms with E-state index in [2.05, 4.69) is 15.3 Å². The zero-order valence-corrected chi connectivity index (χ0v) is 20.7. The van der Waals surface area contributed by atoms with E-state index in [1.807, 2.05) is 53.8 Å². The van der Waals surface area contributed by atoms with E-state index in [-0.39, 0.29) is 18.0 Å². The summed E-state index contributed by atoms with van der Waals surface area (Å²) in [5.74, 6) is 1.31. The Balaban J connectivity index is 1.53. The normalized spacial score (nSPS) is 16.2. The summed E-state index contributed by atoms with van der Waals surface area (Å²) in [5.41, 5.74) is 3.66. The lowest BCUT2D eigenvalue weighted by Gasteiger charge is -2.35. The number of H-pyrrole nitrogens is 1. The number of methoxy groups -OCH3 is 2. The fourth-order valence-electron chi connectivity index (χ4n) is 4.85. The molecule has 1 atom stereocenters. The first-order valence-electron chi connectivity index (χ1n) is 11.7. The molecule has 0 bridgehead atoms. The van der Waals surface area contributed by atoms with Gasteiger partial charge in [0.1, 0.15) is 11.9 Å². The third kappa shape index (κ3) is 4.09. The van der Waals surface area contributed by atoms with Crippen molar-refractivity contribution in [2.24, 2.45) is 0 Å². The number of amides is 1. The zero-order valence-electron chi connectivity index (χ0n) is 20.7. The summed E-state index contributed by atoms with van der Waals surface area (Å²) < 4.78 is 12.6. The molecule has 1 amide bonds. The number of aryl methyl sites for hydroxylation is 1. The number of aromatic amines is 1. The van der Waals surface area contributed by atoms with Crippen molar-refractivity contribution < 1.29 is 14.3 Å². The van der Waals surface area contributed by atoms with Crippen LogP contribution in [-0.4, -0.2) is 57.9 Å². The maximum Gasteiger partial charge on any atom is 0.258 e. The highest BCUT2D eigenvalue weighted by Gasteiger charge is 2.36. The van der Waals surface area contributed by atoms with E-state index in [0.717, 1.165) is 22.6 Å². The van der Waals surface area contributed by atoms with Crippen LogP contribution >= 0.6 is 0 Å². The molecule has 186 valence electrons. The minimum Gasteiger partial charge on any atom is -0.493 e. The van der Waals surface area contributed by atoms with Crippen molar-refractivity contribution in [2.75, 3.05) is 27.3 Å². The molecule has 0 spiro atoms. The smallest absolute Gasteiger partial charge is 0.258 e. The van der Waals surface area contributed by atoms with Gasteiger partial charge in [-0.05, 0) is 32.0 Å². The fraction of sp³-hybridized carbons (Fsp3) is 0.308. The number of nitrogens with zero attached hydrogens (tertiary/aromatic N) is 4. The molecule has 0 unspecified atom stereocenters. The standard InChI is InChI=1S/C26H28N6O4/c1-15-23(16(2)32(30-15)17-8-6-5-7-9-17)24-26(34)27-10-11-31(24)14-22-28-19-13-21(36-4)20(35-3)12-18(19)25(33)29-22/h5-9,12-13,24H,10-11,14H2,1-4H3,(H,27,34)(H,28,29,33)/t24-/m0/s1. The molecule has 1 fully saturated rings. The molecular weight excluding hydrogens is 460 g/mol. The van der Waals surface area contributed by atoms with Crippen LogP contribution < -0.4 is 20.3 Å². The van der Waals surface area contributed by atoms with Gasteiger partial charge in [0.05, 0.1) is 43.0 Å². The minimum absolute atomic E-state index is 0.102. The number of benzene rings is 2. The second kappa shape index (κ2) is 9.46. The largest absolute Gasteiger partial charge is 0.493 e. The maximum atomic E-state index is 13.2. The molecule has 3 heterocycles. The van der Waals surface area contributed by atoms with Gasteiger partial charge in [0.25, 0.3) is 5.56 Å². The molecule has 1 saturated heterocycles. The van der Waals surface area contributed by atoms with Crippen LogP contribution in [0.3, 0.4) is 0 Å². The molecule has 2 N–H and O–H groups in total. The summed E-state index contributed by atoms with van der Waals surface area (Å²) in [6.45, 7) is 5.27. The first-order valence-corrected chi connectivity index (χ1v) is 11.7. The van der Waals surface area contributed by atoms with Gasteiger partial charge in [0.15, 0.2) is 11.5 Å². The Hall–Kier alpha value is -4.18. The molecule has 10 heteroatoms. The number of para-hydroxylation sites is 1. The highest BCUT2D eigenvalue weighted by molar-refractivity contribution is 5.85. The number of piperazine rings is 1. The molecule has 0 saturated carbocycles. The fourth-order valence-corrected chi connectivity index (χ4v) is 4.85. The summed E-state index contributed by atoms with van der Waals surface area (Å²) >= 11 is 0. The lowest BCUT2D eigenvalue weighted by Crippen LogP contribution is -2.50. The molecular formula is C26H28N6O4. The number of hydrogen-bond donors (Lipinski definition) is 2. The Bertz CT molecular complexity index is 1490. The molecule has 10 nitrogen and oxygen atoms in total. The summed E-state index contributed by atoms with van der Waals surface area (Å²) in [5, 5.41) is 8.11. The SMILES string of the molecule is COc1cc2nc(CN3CCNC(=O)[C@@H]3c3c(C)nn(-c4ccccc4)c3C)[nH]c(=O)c2cc1OC. The Morgan fingerprint density at radius 2 is 1.78 bits per heavy atom. The minimum atomic E-state index is -0.567. The van der Waals surface area contributed by atoms with Gasteiger partial charge in [-0.2, -0.15) is 5.10 Å². The number of fused-ring (bicyclic) bond motifs is 1. The lowest BCUT2D eigenvalue weighted by molar-refractivity contribution is -0.129. The predicted octanol–water partition coefficient (Wildman–Crippen LogP) is 2.42. The summed E-state index contributed by atoms with van der Waals surface area (Å²) in [7, 11) is 3.06. The van der Waals surface area contributed by atoms with Crippen LogP contribution in [0.1, 0.15) is 28.8 Å². The van der Waals surface area contributed by atoms with Gasteiger partial charge in [-0.15, -0.1) is 0 Å². The van der Waals surface area contributed by atoms with E-state index in [9.17, 15) is 9.59 Å². The van der Waals surface area contributed by atoms with Crippen molar-refractivity contribution in [1.29, 1.82) is 0 Å². The topological polar surface area (TPSA) is 114 Å². The van der Waals surface area contributed by atoms with Crippen molar-refractivity contribution in [1.82, 2.24) is 30.0 Å². The third-order valence-electron chi connectivity index (χ3n) is 6.55. The number of ether oxygens (including phenoxy) is 2. The quantitative estimate of drug-likeness (QED) is 0.428. The highest BCUT2D eigenvalue weighted by Crippen LogP contribution is 2.32. The molecule has 5 rings (SSSR count). The molecule has 1 aliphatic rings. The van der Waals surface area contributed by atoms with Gasteiger partial charge >= 0.3 is 0 Å². The van der Waals surface area contributed by atoms with Crippen LogP contribution in [0, 0.1) is 13.8 Å². The van der Waals surface area contributed by atoms with Crippen LogP contribution in [-0.2, 0) is 11.3 Å². The van der Waals surface area contributed by atoms with Gasteiger partial charge in [-0.3, -0.25) is 14.5 Å².